The van der Waals surface area contributed by atoms with Crippen LogP contribution in [0.5, 0.6) is 0 Å². The van der Waals surface area contributed by atoms with Crippen molar-refractivity contribution < 1.29 is 9.59 Å². The number of urea groups is 1. The predicted octanol–water partition coefficient (Wildman–Crippen LogP) is 2.13. The molecule has 144 valence electrons. The van der Waals surface area contributed by atoms with Crippen molar-refractivity contribution in [2.24, 2.45) is 0 Å². The number of rotatable bonds is 6. The first kappa shape index (κ1) is 20.2. The molecule has 0 atom stereocenters. The van der Waals surface area contributed by atoms with Crippen LogP contribution in [0.1, 0.15) is 37.8 Å². The third-order valence-electron chi connectivity index (χ3n) is 4.85. The van der Waals surface area contributed by atoms with E-state index in [-0.39, 0.29) is 11.9 Å². The quantitative estimate of drug-likeness (QED) is 0.817. The second kappa shape index (κ2) is 9.03. The maximum Gasteiger partial charge on any atom is 0.317 e. The molecule has 0 radical (unpaired) electrons. The number of aryl methyl sites for hydroxylation is 1. The first-order chi connectivity index (χ1) is 12.3. The Labute approximate surface area is 156 Å². The summed E-state index contributed by atoms with van der Waals surface area (Å²) in [7, 11) is 1.63. The molecule has 2 rings (SSSR count). The van der Waals surface area contributed by atoms with E-state index >= 15 is 0 Å². The highest BCUT2D eigenvalue weighted by Gasteiger charge is 2.26. The highest BCUT2D eigenvalue weighted by atomic mass is 16.2. The summed E-state index contributed by atoms with van der Waals surface area (Å²) in [4.78, 5) is 28.2. The van der Waals surface area contributed by atoms with E-state index in [9.17, 15) is 9.59 Å². The second-order valence-electron chi connectivity index (χ2n) is 7.74. The predicted molar refractivity (Wildman–Crippen MR) is 104 cm³/mol. The van der Waals surface area contributed by atoms with Crippen molar-refractivity contribution in [2.45, 2.75) is 45.7 Å². The molecule has 1 heterocycles. The largest absolute Gasteiger partial charge is 0.359 e. The van der Waals surface area contributed by atoms with E-state index in [2.05, 4.69) is 46.7 Å². The molecule has 0 unspecified atom stereocenters. The first-order valence-corrected chi connectivity index (χ1v) is 9.35. The highest BCUT2D eigenvalue weighted by Crippen LogP contribution is 2.14. The maximum absolute atomic E-state index is 12.5. The van der Waals surface area contributed by atoms with E-state index in [0.717, 1.165) is 32.7 Å². The van der Waals surface area contributed by atoms with Crippen molar-refractivity contribution in [2.75, 3.05) is 33.2 Å². The summed E-state index contributed by atoms with van der Waals surface area (Å²) in [5, 5.41) is 5.68. The van der Waals surface area contributed by atoms with Crippen LogP contribution in [0.3, 0.4) is 0 Å². The van der Waals surface area contributed by atoms with E-state index in [0.29, 0.717) is 12.8 Å². The fourth-order valence-corrected chi connectivity index (χ4v) is 3.16. The van der Waals surface area contributed by atoms with Crippen molar-refractivity contribution in [3.8, 4) is 0 Å². The topological polar surface area (TPSA) is 64.7 Å². The van der Waals surface area contributed by atoms with Crippen molar-refractivity contribution >= 4 is 11.9 Å². The molecule has 0 bridgehead atoms. The zero-order valence-electron chi connectivity index (χ0n) is 16.5. The third kappa shape index (κ3) is 6.33. The molecular formula is C20H32N4O2. The monoisotopic (exact) mass is 360 g/mol. The van der Waals surface area contributed by atoms with Crippen LogP contribution in [0.4, 0.5) is 4.79 Å². The van der Waals surface area contributed by atoms with Crippen molar-refractivity contribution in [1.82, 2.24) is 20.4 Å². The van der Waals surface area contributed by atoms with Crippen molar-refractivity contribution in [3.63, 3.8) is 0 Å². The third-order valence-corrected chi connectivity index (χ3v) is 4.85. The molecule has 1 aromatic rings. The number of amides is 3. The molecule has 6 heteroatoms. The van der Waals surface area contributed by atoms with Gasteiger partial charge in [0.05, 0.1) is 0 Å². The van der Waals surface area contributed by atoms with E-state index < -0.39 is 5.54 Å². The molecule has 1 aromatic carbocycles. The minimum atomic E-state index is -0.401. The smallest absolute Gasteiger partial charge is 0.317 e. The minimum Gasteiger partial charge on any atom is -0.359 e. The van der Waals surface area contributed by atoms with Gasteiger partial charge in [-0.05, 0) is 32.8 Å². The summed E-state index contributed by atoms with van der Waals surface area (Å²) in [5.74, 6) is -0.00270. The average Bonchev–Trinajstić information content (AvgIpc) is 2.60. The highest BCUT2D eigenvalue weighted by molar-refractivity contribution is 5.77. The van der Waals surface area contributed by atoms with Gasteiger partial charge in [-0.1, -0.05) is 29.8 Å². The van der Waals surface area contributed by atoms with Crippen LogP contribution in [0.15, 0.2) is 24.3 Å². The first-order valence-electron chi connectivity index (χ1n) is 9.35. The number of hydrogen-bond donors (Lipinski definition) is 2. The Hall–Kier alpha value is -2.08. The summed E-state index contributed by atoms with van der Waals surface area (Å²) in [5.41, 5.74) is 2.19. The molecule has 0 aliphatic carbocycles. The van der Waals surface area contributed by atoms with Crippen molar-refractivity contribution in [1.29, 1.82) is 0 Å². The standard InChI is InChI=1S/C20H32N4O2/c1-16-6-5-7-17(14-16)15-23-10-12-24(13-11-23)19(26)22-20(2,3)9-8-18(25)21-4/h5-7,14H,8-13,15H2,1-4H3,(H,21,25)(H,22,26). The van der Waals surface area contributed by atoms with E-state index in [1.54, 1.807) is 7.05 Å². The number of nitrogens with one attached hydrogen (secondary N) is 2. The minimum absolute atomic E-state index is 0.00270. The van der Waals surface area contributed by atoms with Gasteiger partial charge in [-0.3, -0.25) is 9.69 Å². The molecule has 1 aliphatic heterocycles. The fraction of sp³-hybridized carbons (Fsp3) is 0.600. The molecule has 0 spiro atoms. The van der Waals surface area contributed by atoms with Crippen LogP contribution >= 0.6 is 0 Å². The average molecular weight is 361 g/mol. The maximum atomic E-state index is 12.5. The molecule has 1 saturated heterocycles. The van der Waals surface area contributed by atoms with Gasteiger partial charge in [-0.2, -0.15) is 0 Å². The Morgan fingerprint density at radius 1 is 1.15 bits per heavy atom. The second-order valence-corrected chi connectivity index (χ2v) is 7.74. The number of carbonyl (C=O) groups is 2. The van der Waals surface area contributed by atoms with E-state index in [4.69, 9.17) is 0 Å². The molecular weight excluding hydrogens is 328 g/mol. The summed E-state index contributed by atoms with van der Waals surface area (Å²) in [6.07, 6.45) is 1.03. The van der Waals surface area contributed by atoms with Gasteiger partial charge in [-0.25, -0.2) is 4.79 Å². The summed E-state index contributed by atoms with van der Waals surface area (Å²) in [6.45, 7) is 10.2. The van der Waals surface area contributed by atoms with Gasteiger partial charge in [0, 0.05) is 51.7 Å². The van der Waals surface area contributed by atoms with Gasteiger partial charge in [0.25, 0.3) is 0 Å². The van der Waals surface area contributed by atoms with Gasteiger partial charge < -0.3 is 15.5 Å². The molecule has 1 fully saturated rings. The summed E-state index contributed by atoms with van der Waals surface area (Å²) in [6, 6.07) is 8.53. The Morgan fingerprint density at radius 2 is 1.85 bits per heavy atom. The van der Waals surface area contributed by atoms with Crippen LogP contribution < -0.4 is 10.6 Å². The molecule has 26 heavy (non-hydrogen) atoms. The Morgan fingerprint density at radius 3 is 2.46 bits per heavy atom. The van der Waals surface area contributed by atoms with Crippen LogP contribution in [0.25, 0.3) is 0 Å². The van der Waals surface area contributed by atoms with Crippen LogP contribution in [-0.2, 0) is 11.3 Å². The van der Waals surface area contributed by atoms with Gasteiger partial charge >= 0.3 is 6.03 Å². The number of carbonyl (C=O) groups excluding carboxylic acids is 2. The normalized spacial score (nSPS) is 15.6. The fourth-order valence-electron chi connectivity index (χ4n) is 3.16. The Bertz CT molecular complexity index is 622. The van der Waals surface area contributed by atoms with Gasteiger partial charge in [-0.15, -0.1) is 0 Å². The number of hydrogen-bond acceptors (Lipinski definition) is 3. The zero-order chi connectivity index (χ0) is 19.2. The molecule has 3 amide bonds. The lowest BCUT2D eigenvalue weighted by molar-refractivity contribution is -0.121. The molecule has 0 saturated carbocycles. The van der Waals surface area contributed by atoms with Gasteiger partial charge in [0.2, 0.25) is 5.91 Å². The van der Waals surface area contributed by atoms with E-state index in [1.165, 1.54) is 11.1 Å². The number of nitrogens with zero attached hydrogens (tertiary/aromatic N) is 2. The zero-order valence-corrected chi connectivity index (χ0v) is 16.5. The summed E-state index contributed by atoms with van der Waals surface area (Å²) < 4.78 is 0. The van der Waals surface area contributed by atoms with Crippen LogP contribution in [0.2, 0.25) is 0 Å². The summed E-state index contributed by atoms with van der Waals surface area (Å²) >= 11 is 0. The van der Waals surface area contributed by atoms with Crippen molar-refractivity contribution in [3.05, 3.63) is 35.4 Å². The number of piperazine rings is 1. The molecule has 2 N–H and O–H groups in total. The lowest BCUT2D eigenvalue weighted by Gasteiger charge is -2.37. The van der Waals surface area contributed by atoms with Crippen LogP contribution in [-0.4, -0.2) is 60.5 Å². The van der Waals surface area contributed by atoms with Crippen LogP contribution in [0, 0.1) is 6.92 Å². The lowest BCUT2D eigenvalue weighted by Crippen LogP contribution is -2.55. The SMILES string of the molecule is CNC(=O)CCC(C)(C)NC(=O)N1CCN(Cc2cccc(C)c2)CC1. The molecule has 1 aliphatic rings. The number of benzene rings is 1. The van der Waals surface area contributed by atoms with Gasteiger partial charge in [0.1, 0.15) is 0 Å². The molecule has 6 nitrogen and oxygen atoms in total. The Kier molecular flexibility index (Phi) is 7.03. The molecule has 0 aromatic heterocycles. The lowest BCUT2D eigenvalue weighted by atomic mass is 9.98. The Balaban J connectivity index is 1.77. The van der Waals surface area contributed by atoms with Gasteiger partial charge in [0.15, 0.2) is 0 Å². The van der Waals surface area contributed by atoms with E-state index in [1.807, 2.05) is 18.7 Å².